The number of anilines is 2. The first kappa shape index (κ1) is 18.6. The van der Waals surface area contributed by atoms with Crippen molar-refractivity contribution >= 4 is 17.2 Å². The van der Waals surface area contributed by atoms with Crippen molar-refractivity contribution in [3.8, 4) is 5.88 Å². The van der Waals surface area contributed by atoms with E-state index < -0.39 is 0 Å². The fourth-order valence-corrected chi connectivity index (χ4v) is 3.28. The van der Waals surface area contributed by atoms with E-state index >= 15 is 0 Å². The smallest absolute Gasteiger partial charge is 0.268 e. The van der Waals surface area contributed by atoms with Crippen molar-refractivity contribution < 1.29 is 13.9 Å². The Kier molecular flexibility index (Phi) is 5.66. The summed E-state index contributed by atoms with van der Waals surface area (Å²) in [6.07, 6.45) is 8.11. The minimum Gasteiger partial charge on any atom is -0.340 e. The number of nitrogens with one attached hydrogen (secondary N) is 2. The van der Waals surface area contributed by atoms with E-state index in [1.54, 1.807) is 22.8 Å². The van der Waals surface area contributed by atoms with Crippen molar-refractivity contribution in [1.29, 1.82) is 0 Å². The molecule has 1 saturated carbocycles. The molecular formula is C20H23F2N5O. The van der Waals surface area contributed by atoms with Gasteiger partial charge in [-0.15, -0.1) is 0 Å². The Balaban J connectivity index is 0.000000275. The Hall–Kier alpha value is -2.74. The number of hydrogen-bond donors (Lipinski definition) is 2. The fraction of sp³-hybridized carbons (Fsp3) is 0.400. The predicted molar refractivity (Wildman–Crippen MR) is 103 cm³/mol. The highest BCUT2D eigenvalue weighted by Gasteiger charge is 2.28. The summed E-state index contributed by atoms with van der Waals surface area (Å²) in [5, 5.41) is 10.6. The number of fused-ring (bicyclic) bond motifs is 1. The SMILES string of the molecule is C1CCNCC1.FOc1cc(Nc2cccc(F)c2)n2ncc(C3CC3)c2n1. The van der Waals surface area contributed by atoms with Gasteiger partial charge in [0.2, 0.25) is 0 Å². The van der Waals surface area contributed by atoms with E-state index in [0.29, 0.717) is 23.1 Å². The summed E-state index contributed by atoms with van der Waals surface area (Å²) >= 11 is 0. The number of hydrogen-bond acceptors (Lipinski definition) is 5. The van der Waals surface area contributed by atoms with Crippen LogP contribution >= 0.6 is 0 Å². The molecule has 148 valence electrons. The molecule has 1 aliphatic heterocycles. The van der Waals surface area contributed by atoms with Crippen molar-refractivity contribution in [2.24, 2.45) is 0 Å². The summed E-state index contributed by atoms with van der Waals surface area (Å²) in [6.45, 7) is 2.50. The first-order valence-electron chi connectivity index (χ1n) is 9.65. The minimum atomic E-state index is -0.364. The average Bonchev–Trinajstić information content (AvgIpc) is 3.48. The Morgan fingerprint density at radius 3 is 2.57 bits per heavy atom. The van der Waals surface area contributed by atoms with Crippen LogP contribution in [0.5, 0.6) is 5.88 Å². The first-order valence-corrected chi connectivity index (χ1v) is 9.65. The summed E-state index contributed by atoms with van der Waals surface area (Å²) < 4.78 is 27.5. The van der Waals surface area contributed by atoms with Gasteiger partial charge in [0, 0.05) is 21.8 Å². The van der Waals surface area contributed by atoms with Crippen LogP contribution < -0.4 is 15.6 Å². The van der Waals surface area contributed by atoms with Gasteiger partial charge in [-0.2, -0.15) is 14.6 Å². The van der Waals surface area contributed by atoms with Crippen LogP contribution in [0.1, 0.15) is 43.6 Å². The van der Waals surface area contributed by atoms with Gasteiger partial charge in [0.1, 0.15) is 11.6 Å². The highest BCUT2D eigenvalue weighted by Crippen LogP contribution is 2.42. The van der Waals surface area contributed by atoms with Crippen molar-refractivity contribution in [2.45, 2.75) is 38.0 Å². The number of benzene rings is 1. The van der Waals surface area contributed by atoms with E-state index in [0.717, 1.165) is 18.4 Å². The van der Waals surface area contributed by atoms with Crippen molar-refractivity contribution in [2.75, 3.05) is 18.4 Å². The summed E-state index contributed by atoms with van der Waals surface area (Å²) in [7, 11) is 0. The van der Waals surface area contributed by atoms with Crippen molar-refractivity contribution in [1.82, 2.24) is 19.9 Å². The van der Waals surface area contributed by atoms with E-state index in [1.165, 1.54) is 50.6 Å². The van der Waals surface area contributed by atoms with Gasteiger partial charge in [-0.05, 0) is 62.9 Å². The van der Waals surface area contributed by atoms with E-state index in [4.69, 9.17) is 0 Å². The number of halogens is 2. The average molecular weight is 387 g/mol. The van der Waals surface area contributed by atoms with E-state index in [9.17, 15) is 8.92 Å². The predicted octanol–water partition coefficient (Wildman–Crippen LogP) is 4.51. The molecule has 2 aromatic heterocycles. The van der Waals surface area contributed by atoms with Crippen LogP contribution in [-0.4, -0.2) is 27.7 Å². The lowest BCUT2D eigenvalue weighted by Crippen LogP contribution is -2.21. The van der Waals surface area contributed by atoms with Gasteiger partial charge in [-0.1, -0.05) is 12.5 Å². The topological polar surface area (TPSA) is 63.5 Å². The van der Waals surface area contributed by atoms with Gasteiger partial charge >= 0.3 is 0 Å². The van der Waals surface area contributed by atoms with Crippen molar-refractivity contribution in [3.05, 3.63) is 47.9 Å². The van der Waals surface area contributed by atoms with Crippen LogP contribution in [0.15, 0.2) is 36.5 Å². The van der Waals surface area contributed by atoms with Gasteiger partial charge in [0.15, 0.2) is 5.65 Å². The van der Waals surface area contributed by atoms with Crippen LogP contribution in [0.3, 0.4) is 0 Å². The molecule has 8 heteroatoms. The van der Waals surface area contributed by atoms with Crippen LogP contribution in [0, 0.1) is 5.82 Å². The molecule has 0 radical (unpaired) electrons. The van der Waals surface area contributed by atoms with Gasteiger partial charge in [-0.25, -0.2) is 4.39 Å². The van der Waals surface area contributed by atoms with E-state index in [-0.39, 0.29) is 11.7 Å². The summed E-state index contributed by atoms with van der Waals surface area (Å²) in [5.41, 5.74) is 2.05. The zero-order valence-corrected chi connectivity index (χ0v) is 15.5. The number of piperidine rings is 1. The summed E-state index contributed by atoms with van der Waals surface area (Å²) in [6, 6.07) is 7.36. The molecule has 1 aliphatic carbocycles. The molecule has 5 rings (SSSR count). The molecule has 6 nitrogen and oxygen atoms in total. The maximum Gasteiger partial charge on any atom is 0.268 e. The zero-order valence-electron chi connectivity index (χ0n) is 15.5. The molecule has 0 spiro atoms. The molecule has 2 N–H and O–H groups in total. The molecule has 1 saturated heterocycles. The molecule has 3 aromatic rings. The highest BCUT2D eigenvalue weighted by atomic mass is 19.3. The molecule has 0 unspecified atom stereocenters. The normalized spacial score (nSPS) is 16.4. The molecule has 1 aromatic carbocycles. The molecule has 0 bridgehead atoms. The number of aromatic nitrogens is 3. The second-order valence-corrected chi connectivity index (χ2v) is 7.11. The molecule has 3 heterocycles. The second kappa shape index (κ2) is 8.52. The van der Waals surface area contributed by atoms with Gasteiger partial charge in [0.05, 0.1) is 6.20 Å². The highest BCUT2D eigenvalue weighted by molar-refractivity contribution is 5.63. The van der Waals surface area contributed by atoms with Gasteiger partial charge < -0.3 is 10.6 Å². The molecular weight excluding hydrogens is 364 g/mol. The lowest BCUT2D eigenvalue weighted by molar-refractivity contribution is -0.0116. The van der Waals surface area contributed by atoms with Gasteiger partial charge in [-0.3, -0.25) is 4.94 Å². The van der Waals surface area contributed by atoms with Gasteiger partial charge in [0.25, 0.3) is 5.88 Å². The monoisotopic (exact) mass is 387 g/mol. The lowest BCUT2D eigenvalue weighted by Gasteiger charge is -2.09. The van der Waals surface area contributed by atoms with Crippen LogP contribution in [-0.2, 0) is 0 Å². The molecule has 2 fully saturated rings. The third-order valence-electron chi connectivity index (χ3n) is 4.88. The Bertz CT molecular complexity index is 926. The van der Waals surface area contributed by atoms with Crippen LogP contribution in [0.2, 0.25) is 0 Å². The molecule has 0 atom stereocenters. The minimum absolute atomic E-state index is 0.159. The summed E-state index contributed by atoms with van der Waals surface area (Å²) in [4.78, 5) is 7.91. The number of nitrogens with zero attached hydrogens (tertiary/aromatic N) is 3. The van der Waals surface area contributed by atoms with E-state index in [1.807, 2.05) is 0 Å². The lowest BCUT2D eigenvalue weighted by atomic mass is 10.2. The second-order valence-electron chi connectivity index (χ2n) is 7.11. The third kappa shape index (κ3) is 4.39. The Morgan fingerprint density at radius 1 is 1.14 bits per heavy atom. The van der Waals surface area contributed by atoms with Crippen LogP contribution in [0.25, 0.3) is 5.65 Å². The zero-order chi connectivity index (χ0) is 19.3. The quantitative estimate of drug-likeness (QED) is 0.690. The largest absolute Gasteiger partial charge is 0.340 e. The third-order valence-corrected chi connectivity index (χ3v) is 4.88. The van der Waals surface area contributed by atoms with E-state index in [2.05, 4.69) is 25.7 Å². The Labute approximate surface area is 161 Å². The number of rotatable bonds is 4. The van der Waals surface area contributed by atoms with Crippen molar-refractivity contribution in [3.63, 3.8) is 0 Å². The molecule has 0 amide bonds. The molecule has 28 heavy (non-hydrogen) atoms. The first-order chi connectivity index (χ1) is 13.7. The maximum atomic E-state index is 13.3. The standard InChI is InChI=1S/C15H12F2N4O.C5H11N/c16-10-2-1-3-11(6-10)19-13-7-14(22-17)20-15-12(9-4-5-9)8-18-21(13)15;1-2-4-6-5-3-1/h1-3,6-9,19H,4-5H2;6H,1-5H2. The van der Waals surface area contributed by atoms with Crippen LogP contribution in [0.4, 0.5) is 20.4 Å². The summed E-state index contributed by atoms with van der Waals surface area (Å²) in [5.74, 6) is 0.349. The Morgan fingerprint density at radius 2 is 1.96 bits per heavy atom. The fourth-order valence-electron chi connectivity index (χ4n) is 3.28. The maximum absolute atomic E-state index is 13.3. The molecule has 2 aliphatic rings.